The molecule has 0 aliphatic heterocycles. The molecule has 1 heterocycles. The lowest BCUT2D eigenvalue weighted by Gasteiger charge is -2.22. The lowest BCUT2D eigenvalue weighted by atomic mass is 10.1. The molecular formula is C13H21N3O3S. The summed E-state index contributed by atoms with van der Waals surface area (Å²) in [5.74, 6) is 0. The van der Waals surface area contributed by atoms with Crippen LogP contribution in [0.15, 0.2) is 23.4 Å². The largest absolute Gasteiger partial charge is 0.391 e. The van der Waals surface area contributed by atoms with Crippen molar-refractivity contribution in [3.05, 3.63) is 18.5 Å². The fourth-order valence-corrected chi connectivity index (χ4v) is 3.95. The maximum atomic E-state index is 12.4. The number of rotatable bonds is 4. The van der Waals surface area contributed by atoms with Crippen LogP contribution < -0.4 is 10.0 Å². The van der Waals surface area contributed by atoms with Gasteiger partial charge >= 0.3 is 0 Å². The van der Waals surface area contributed by atoms with Gasteiger partial charge in [0.25, 0.3) is 0 Å². The fourth-order valence-electron chi connectivity index (χ4n) is 2.49. The number of sulfonamides is 1. The Labute approximate surface area is 119 Å². The van der Waals surface area contributed by atoms with Crippen LogP contribution in [0.1, 0.15) is 32.1 Å². The van der Waals surface area contributed by atoms with E-state index in [2.05, 4.69) is 15.0 Å². The first kappa shape index (κ1) is 15.2. The summed E-state index contributed by atoms with van der Waals surface area (Å²) in [6.07, 6.45) is 6.42. The second kappa shape index (κ2) is 6.51. The molecule has 1 aromatic rings. The topological polar surface area (TPSA) is 91.3 Å². The normalized spacial score (nSPS) is 24.1. The quantitative estimate of drug-likeness (QED) is 0.724. The zero-order valence-electron chi connectivity index (χ0n) is 11.5. The zero-order valence-corrected chi connectivity index (χ0v) is 12.4. The minimum atomic E-state index is -3.69. The average Bonchev–Trinajstić information content (AvgIpc) is 2.64. The molecule has 1 fully saturated rings. The van der Waals surface area contributed by atoms with Gasteiger partial charge in [-0.25, -0.2) is 13.1 Å². The van der Waals surface area contributed by atoms with E-state index in [0.717, 1.165) is 19.3 Å². The number of aliphatic hydroxyl groups is 1. The molecule has 0 spiro atoms. The van der Waals surface area contributed by atoms with Crippen molar-refractivity contribution < 1.29 is 13.5 Å². The van der Waals surface area contributed by atoms with Crippen LogP contribution >= 0.6 is 0 Å². The van der Waals surface area contributed by atoms with Crippen molar-refractivity contribution in [3.63, 3.8) is 0 Å². The van der Waals surface area contributed by atoms with Crippen LogP contribution in [-0.4, -0.2) is 37.7 Å². The number of aromatic nitrogens is 1. The van der Waals surface area contributed by atoms with E-state index in [-0.39, 0.29) is 4.90 Å². The summed E-state index contributed by atoms with van der Waals surface area (Å²) in [6, 6.07) is 1.19. The summed E-state index contributed by atoms with van der Waals surface area (Å²) < 4.78 is 27.5. The van der Waals surface area contributed by atoms with Crippen LogP contribution in [0.2, 0.25) is 0 Å². The smallest absolute Gasteiger partial charge is 0.244 e. The lowest BCUT2D eigenvalue weighted by molar-refractivity contribution is 0.130. The van der Waals surface area contributed by atoms with E-state index >= 15 is 0 Å². The van der Waals surface area contributed by atoms with E-state index in [1.807, 2.05) is 0 Å². The maximum absolute atomic E-state index is 12.4. The van der Waals surface area contributed by atoms with Gasteiger partial charge in [-0.05, 0) is 18.9 Å². The SMILES string of the molecule is CNc1ccncc1S(=O)(=O)NC1CCCCCC1O. The number of aliphatic hydroxyl groups excluding tert-OH is 1. The number of pyridine rings is 1. The van der Waals surface area contributed by atoms with Gasteiger partial charge in [0.05, 0.1) is 11.8 Å². The summed E-state index contributed by atoms with van der Waals surface area (Å²) >= 11 is 0. The summed E-state index contributed by atoms with van der Waals surface area (Å²) in [4.78, 5) is 3.98. The second-order valence-corrected chi connectivity index (χ2v) is 6.74. The van der Waals surface area contributed by atoms with Gasteiger partial charge < -0.3 is 10.4 Å². The van der Waals surface area contributed by atoms with Crippen molar-refractivity contribution in [2.24, 2.45) is 0 Å². The van der Waals surface area contributed by atoms with Crippen LogP contribution in [0.4, 0.5) is 5.69 Å². The van der Waals surface area contributed by atoms with Gasteiger partial charge in [-0.3, -0.25) is 4.98 Å². The molecule has 1 aromatic heterocycles. The summed E-state index contributed by atoms with van der Waals surface area (Å²) in [5.41, 5.74) is 0.496. The first-order valence-corrected chi connectivity index (χ1v) is 8.35. The van der Waals surface area contributed by atoms with E-state index in [9.17, 15) is 13.5 Å². The molecule has 0 aromatic carbocycles. The Morgan fingerprint density at radius 1 is 1.30 bits per heavy atom. The standard InChI is InChI=1S/C13H21N3O3S/c1-14-11-7-8-15-9-13(11)20(18,19)16-10-5-3-2-4-6-12(10)17/h7-10,12,16-17H,2-6H2,1H3,(H,14,15). The van der Waals surface area contributed by atoms with Crippen LogP contribution in [0.25, 0.3) is 0 Å². The van der Waals surface area contributed by atoms with Crippen LogP contribution in [0.3, 0.4) is 0 Å². The third-order valence-electron chi connectivity index (χ3n) is 3.63. The predicted molar refractivity (Wildman–Crippen MR) is 77.0 cm³/mol. The highest BCUT2D eigenvalue weighted by molar-refractivity contribution is 7.89. The molecule has 0 saturated heterocycles. The molecule has 2 atom stereocenters. The van der Waals surface area contributed by atoms with Crippen LogP contribution in [0.5, 0.6) is 0 Å². The number of anilines is 1. The molecule has 3 N–H and O–H groups in total. The van der Waals surface area contributed by atoms with Crippen molar-refractivity contribution in [3.8, 4) is 0 Å². The maximum Gasteiger partial charge on any atom is 0.244 e. The Kier molecular flexibility index (Phi) is 4.95. The van der Waals surface area contributed by atoms with Crippen molar-refractivity contribution in [1.82, 2.24) is 9.71 Å². The molecule has 112 valence electrons. The Morgan fingerprint density at radius 2 is 2.05 bits per heavy atom. The fraction of sp³-hybridized carbons (Fsp3) is 0.615. The number of nitrogens with one attached hydrogen (secondary N) is 2. The van der Waals surface area contributed by atoms with Gasteiger partial charge in [0.2, 0.25) is 10.0 Å². The molecule has 1 aliphatic carbocycles. The van der Waals surface area contributed by atoms with E-state index in [1.165, 1.54) is 12.4 Å². The van der Waals surface area contributed by atoms with E-state index in [1.54, 1.807) is 13.1 Å². The predicted octanol–water partition coefficient (Wildman–Crippen LogP) is 1.10. The molecule has 1 aliphatic rings. The number of nitrogens with zero attached hydrogens (tertiary/aromatic N) is 1. The van der Waals surface area contributed by atoms with E-state index in [0.29, 0.717) is 18.5 Å². The Balaban J connectivity index is 2.22. The highest BCUT2D eigenvalue weighted by Crippen LogP contribution is 2.23. The van der Waals surface area contributed by atoms with Crippen molar-refractivity contribution in [1.29, 1.82) is 0 Å². The monoisotopic (exact) mass is 299 g/mol. The molecule has 20 heavy (non-hydrogen) atoms. The van der Waals surface area contributed by atoms with Crippen molar-refractivity contribution >= 4 is 15.7 Å². The highest BCUT2D eigenvalue weighted by Gasteiger charge is 2.28. The molecule has 0 bridgehead atoms. The van der Waals surface area contributed by atoms with Crippen molar-refractivity contribution in [2.45, 2.75) is 49.1 Å². The van der Waals surface area contributed by atoms with Crippen molar-refractivity contribution in [2.75, 3.05) is 12.4 Å². The third kappa shape index (κ3) is 3.47. The van der Waals surface area contributed by atoms with Gasteiger partial charge in [0.15, 0.2) is 0 Å². The molecule has 2 rings (SSSR count). The number of hydrogen-bond acceptors (Lipinski definition) is 5. The Bertz CT molecular complexity index is 548. The van der Waals surface area contributed by atoms with Gasteiger partial charge in [-0.15, -0.1) is 0 Å². The van der Waals surface area contributed by atoms with Gasteiger partial charge in [0, 0.05) is 25.5 Å². The third-order valence-corrected chi connectivity index (χ3v) is 5.15. The van der Waals surface area contributed by atoms with E-state index < -0.39 is 22.2 Å². The number of hydrogen-bond donors (Lipinski definition) is 3. The molecule has 7 heteroatoms. The van der Waals surface area contributed by atoms with Crippen LogP contribution in [0, 0.1) is 0 Å². The summed E-state index contributed by atoms with van der Waals surface area (Å²) in [7, 11) is -2.03. The Morgan fingerprint density at radius 3 is 2.80 bits per heavy atom. The van der Waals surface area contributed by atoms with E-state index in [4.69, 9.17) is 0 Å². The zero-order chi connectivity index (χ0) is 14.6. The second-order valence-electron chi connectivity index (χ2n) is 5.05. The molecule has 0 radical (unpaired) electrons. The average molecular weight is 299 g/mol. The summed E-state index contributed by atoms with van der Waals surface area (Å²) in [6.45, 7) is 0. The molecule has 6 nitrogen and oxygen atoms in total. The van der Waals surface area contributed by atoms with Gasteiger partial charge in [-0.1, -0.05) is 19.3 Å². The minimum Gasteiger partial charge on any atom is -0.391 e. The lowest BCUT2D eigenvalue weighted by Crippen LogP contribution is -2.42. The first-order valence-electron chi connectivity index (χ1n) is 6.87. The molecule has 0 amide bonds. The first-order chi connectivity index (χ1) is 9.54. The Hall–Kier alpha value is -1.18. The summed E-state index contributed by atoms with van der Waals surface area (Å²) in [5, 5.41) is 12.9. The minimum absolute atomic E-state index is 0.110. The molecule has 2 unspecified atom stereocenters. The molecular weight excluding hydrogens is 278 g/mol. The van der Waals surface area contributed by atoms with Crippen LogP contribution in [-0.2, 0) is 10.0 Å². The van der Waals surface area contributed by atoms with Gasteiger partial charge in [-0.2, -0.15) is 0 Å². The molecule has 1 saturated carbocycles. The van der Waals surface area contributed by atoms with Gasteiger partial charge in [0.1, 0.15) is 4.90 Å². The highest BCUT2D eigenvalue weighted by atomic mass is 32.2.